The van der Waals surface area contributed by atoms with E-state index in [1.165, 1.54) is 33.5 Å². The lowest BCUT2D eigenvalue weighted by Gasteiger charge is -2.31. The third kappa shape index (κ3) is 5.70. The number of carbonyl (C=O) groups excluding carboxylic acids is 1. The van der Waals surface area contributed by atoms with E-state index in [9.17, 15) is 14.3 Å². The standard InChI is InChI=1S/C24H29FN2O5/c1-30-21-13-16(14-22(31-2)24(21)32-3)5-7-23(29)26-15-17-4-6-20(19(25)12-17)27-10-8-18(28)9-11-27/h4-7,12-14,18,28H,8-11,15H2,1-3H3,(H,26,29). The van der Waals surface area contributed by atoms with Gasteiger partial charge in [-0.25, -0.2) is 4.39 Å². The molecule has 8 heteroatoms. The summed E-state index contributed by atoms with van der Waals surface area (Å²) in [6, 6.07) is 8.42. The summed E-state index contributed by atoms with van der Waals surface area (Å²) in [5, 5.41) is 12.4. The molecule has 1 aliphatic rings. The Kier molecular flexibility index (Phi) is 7.94. The fourth-order valence-corrected chi connectivity index (χ4v) is 3.64. The number of rotatable bonds is 8. The lowest BCUT2D eigenvalue weighted by molar-refractivity contribution is -0.116. The molecule has 0 saturated carbocycles. The Morgan fingerprint density at radius 1 is 1.12 bits per heavy atom. The summed E-state index contributed by atoms with van der Waals surface area (Å²) in [6.07, 6.45) is 3.99. The molecule has 0 atom stereocenters. The van der Waals surface area contributed by atoms with Gasteiger partial charge in [-0.2, -0.15) is 0 Å². The Hall–Kier alpha value is -3.26. The second kappa shape index (κ2) is 10.9. The van der Waals surface area contributed by atoms with Crippen LogP contribution in [0.1, 0.15) is 24.0 Å². The highest BCUT2D eigenvalue weighted by Crippen LogP contribution is 2.38. The van der Waals surface area contributed by atoms with Crippen LogP contribution in [0.25, 0.3) is 6.08 Å². The number of aliphatic hydroxyl groups excluding tert-OH is 1. The molecule has 172 valence electrons. The molecule has 0 bridgehead atoms. The third-order valence-corrected chi connectivity index (χ3v) is 5.40. The first-order valence-corrected chi connectivity index (χ1v) is 10.4. The molecule has 2 N–H and O–H groups in total. The maximum atomic E-state index is 14.6. The number of hydrogen-bond donors (Lipinski definition) is 2. The Labute approximate surface area is 187 Å². The highest BCUT2D eigenvalue weighted by atomic mass is 19.1. The van der Waals surface area contributed by atoms with Crippen molar-refractivity contribution in [3.8, 4) is 17.2 Å². The van der Waals surface area contributed by atoms with Gasteiger partial charge >= 0.3 is 0 Å². The van der Waals surface area contributed by atoms with Gasteiger partial charge in [0, 0.05) is 25.7 Å². The largest absolute Gasteiger partial charge is 0.493 e. The minimum absolute atomic E-state index is 0.203. The van der Waals surface area contributed by atoms with Crippen LogP contribution in [-0.4, -0.2) is 51.5 Å². The highest BCUT2D eigenvalue weighted by molar-refractivity contribution is 5.91. The molecule has 0 unspecified atom stereocenters. The summed E-state index contributed by atoms with van der Waals surface area (Å²) in [5.41, 5.74) is 1.89. The number of amides is 1. The number of anilines is 1. The van der Waals surface area contributed by atoms with Crippen LogP contribution >= 0.6 is 0 Å². The summed E-state index contributed by atoms with van der Waals surface area (Å²) in [7, 11) is 4.57. The molecule has 1 heterocycles. The lowest BCUT2D eigenvalue weighted by atomic mass is 10.1. The van der Waals surface area contributed by atoms with Crippen LogP contribution in [0.5, 0.6) is 17.2 Å². The molecule has 0 aromatic heterocycles. The van der Waals surface area contributed by atoms with Gasteiger partial charge in [-0.3, -0.25) is 4.79 Å². The molecule has 0 radical (unpaired) electrons. The Morgan fingerprint density at radius 2 is 1.78 bits per heavy atom. The van der Waals surface area contributed by atoms with Crippen molar-refractivity contribution in [2.75, 3.05) is 39.3 Å². The molecule has 1 fully saturated rings. The Bertz CT molecular complexity index is 946. The number of hydrogen-bond acceptors (Lipinski definition) is 6. The van der Waals surface area contributed by atoms with Crippen LogP contribution < -0.4 is 24.4 Å². The molecule has 32 heavy (non-hydrogen) atoms. The predicted molar refractivity (Wildman–Crippen MR) is 121 cm³/mol. The van der Waals surface area contributed by atoms with Gasteiger partial charge in [0.05, 0.1) is 33.1 Å². The number of ether oxygens (including phenoxy) is 3. The summed E-state index contributed by atoms with van der Waals surface area (Å²) >= 11 is 0. The first-order chi connectivity index (χ1) is 15.4. The number of aliphatic hydroxyl groups is 1. The van der Waals surface area contributed by atoms with Gasteiger partial charge in [0.2, 0.25) is 11.7 Å². The number of halogens is 1. The lowest BCUT2D eigenvalue weighted by Crippen LogP contribution is -2.36. The summed E-state index contributed by atoms with van der Waals surface area (Å²) in [5.74, 6) is 0.813. The van der Waals surface area contributed by atoms with Crippen LogP contribution in [0.3, 0.4) is 0 Å². The van der Waals surface area contributed by atoms with Crippen molar-refractivity contribution in [3.05, 3.63) is 53.4 Å². The van der Waals surface area contributed by atoms with Gasteiger partial charge in [-0.1, -0.05) is 6.07 Å². The number of nitrogens with one attached hydrogen (secondary N) is 1. The van der Waals surface area contributed by atoms with E-state index in [-0.39, 0.29) is 24.4 Å². The van der Waals surface area contributed by atoms with E-state index in [2.05, 4.69) is 5.32 Å². The van der Waals surface area contributed by atoms with Crippen molar-refractivity contribution in [1.29, 1.82) is 0 Å². The van der Waals surface area contributed by atoms with E-state index in [0.717, 1.165) is 0 Å². The van der Waals surface area contributed by atoms with E-state index in [1.807, 2.05) is 4.90 Å². The minimum Gasteiger partial charge on any atom is -0.493 e. The molecular formula is C24H29FN2O5. The third-order valence-electron chi connectivity index (χ3n) is 5.40. The highest BCUT2D eigenvalue weighted by Gasteiger charge is 2.19. The average molecular weight is 445 g/mol. The average Bonchev–Trinajstić information content (AvgIpc) is 2.81. The van der Waals surface area contributed by atoms with Crippen molar-refractivity contribution < 1.29 is 28.5 Å². The molecule has 1 amide bonds. The van der Waals surface area contributed by atoms with Crippen molar-refractivity contribution in [3.63, 3.8) is 0 Å². The van der Waals surface area contributed by atoms with Crippen molar-refractivity contribution in [1.82, 2.24) is 5.32 Å². The SMILES string of the molecule is COc1cc(C=CC(=O)NCc2ccc(N3CCC(O)CC3)c(F)c2)cc(OC)c1OC. The normalized spacial score (nSPS) is 14.5. The Balaban J connectivity index is 1.60. The molecule has 2 aromatic carbocycles. The second-order valence-electron chi connectivity index (χ2n) is 7.51. The van der Waals surface area contributed by atoms with Gasteiger partial charge in [-0.15, -0.1) is 0 Å². The zero-order chi connectivity index (χ0) is 23.1. The number of carbonyl (C=O) groups is 1. The molecule has 1 aliphatic heterocycles. The summed E-state index contributed by atoms with van der Waals surface area (Å²) in [6.45, 7) is 1.45. The van der Waals surface area contributed by atoms with Crippen LogP contribution in [0.2, 0.25) is 0 Å². The second-order valence-corrected chi connectivity index (χ2v) is 7.51. The first kappa shape index (κ1) is 23.4. The van der Waals surface area contributed by atoms with Gasteiger partial charge in [-0.05, 0) is 54.3 Å². The number of nitrogens with zero attached hydrogens (tertiary/aromatic N) is 1. The summed E-state index contributed by atoms with van der Waals surface area (Å²) < 4.78 is 30.5. The number of piperidine rings is 1. The van der Waals surface area contributed by atoms with Gasteiger partial charge in [0.1, 0.15) is 5.82 Å². The smallest absolute Gasteiger partial charge is 0.244 e. The maximum absolute atomic E-state index is 14.6. The first-order valence-electron chi connectivity index (χ1n) is 10.4. The van der Waals surface area contributed by atoms with E-state index in [4.69, 9.17) is 14.2 Å². The van der Waals surface area contributed by atoms with Crippen LogP contribution in [0.4, 0.5) is 10.1 Å². The van der Waals surface area contributed by atoms with Crippen molar-refractivity contribution in [2.24, 2.45) is 0 Å². The molecule has 1 saturated heterocycles. The van der Waals surface area contributed by atoms with Gasteiger partial charge in [0.15, 0.2) is 11.5 Å². The fourth-order valence-electron chi connectivity index (χ4n) is 3.64. The van der Waals surface area contributed by atoms with Gasteiger partial charge in [0.25, 0.3) is 0 Å². The molecular weight excluding hydrogens is 415 g/mol. The molecule has 3 rings (SSSR count). The van der Waals surface area contributed by atoms with E-state index >= 15 is 0 Å². The van der Waals surface area contributed by atoms with Crippen LogP contribution in [0.15, 0.2) is 36.4 Å². The molecule has 0 spiro atoms. The Morgan fingerprint density at radius 3 is 2.34 bits per heavy atom. The zero-order valence-corrected chi connectivity index (χ0v) is 18.6. The van der Waals surface area contributed by atoms with E-state index in [1.54, 1.807) is 30.3 Å². The van der Waals surface area contributed by atoms with E-state index in [0.29, 0.717) is 60.0 Å². The van der Waals surface area contributed by atoms with Crippen LogP contribution in [-0.2, 0) is 11.3 Å². The quantitative estimate of drug-likeness (QED) is 0.609. The topological polar surface area (TPSA) is 80.3 Å². The fraction of sp³-hybridized carbons (Fsp3) is 0.375. The monoisotopic (exact) mass is 444 g/mol. The minimum atomic E-state index is -0.332. The molecule has 2 aromatic rings. The predicted octanol–water partition coefficient (Wildman–Crippen LogP) is 3.14. The molecule has 7 nitrogen and oxygen atoms in total. The number of benzene rings is 2. The zero-order valence-electron chi connectivity index (χ0n) is 18.6. The van der Waals surface area contributed by atoms with Crippen molar-refractivity contribution in [2.45, 2.75) is 25.5 Å². The van der Waals surface area contributed by atoms with Crippen molar-refractivity contribution >= 4 is 17.7 Å². The van der Waals surface area contributed by atoms with Gasteiger partial charge < -0.3 is 29.5 Å². The number of methoxy groups -OCH3 is 3. The van der Waals surface area contributed by atoms with E-state index < -0.39 is 0 Å². The summed E-state index contributed by atoms with van der Waals surface area (Å²) in [4.78, 5) is 14.2. The maximum Gasteiger partial charge on any atom is 0.244 e. The molecule has 0 aliphatic carbocycles. The van der Waals surface area contributed by atoms with Crippen LogP contribution in [0, 0.1) is 5.82 Å².